The highest BCUT2D eigenvalue weighted by atomic mass is 32.2. The number of nitrogens with zero attached hydrogens (tertiary/aromatic N) is 2. The van der Waals surface area contributed by atoms with Crippen molar-refractivity contribution in [3.8, 4) is 0 Å². The molecule has 0 radical (unpaired) electrons. The summed E-state index contributed by atoms with van der Waals surface area (Å²) in [6.45, 7) is 0.609. The van der Waals surface area contributed by atoms with Crippen LogP contribution in [0, 0.1) is 0 Å². The van der Waals surface area contributed by atoms with Crippen LogP contribution in [0.25, 0.3) is 11.1 Å². The van der Waals surface area contributed by atoms with E-state index in [9.17, 15) is 18.0 Å². The number of aryl methyl sites for hydroxylation is 1. The number of hydrogen-bond donors (Lipinski definition) is 1. The van der Waals surface area contributed by atoms with Crippen molar-refractivity contribution in [2.24, 2.45) is 4.99 Å². The van der Waals surface area contributed by atoms with E-state index in [1.807, 2.05) is 6.07 Å². The average molecular weight is 429 g/mol. The molecule has 1 aliphatic rings. The number of ether oxygens (including phenoxy) is 1. The lowest BCUT2D eigenvalue weighted by Gasteiger charge is -2.05. The molecule has 0 bridgehead atoms. The summed E-state index contributed by atoms with van der Waals surface area (Å²) in [5.41, 5.74) is 1.70. The molecule has 1 N–H and O–H groups in total. The maximum absolute atomic E-state index is 12.0. The summed E-state index contributed by atoms with van der Waals surface area (Å²) in [4.78, 5) is 28.2. The molecule has 0 atom stereocenters. The normalized spacial score (nSPS) is 15.8. The first-order chi connectivity index (χ1) is 14.5. The number of aromatic nitrogens is 1. The summed E-state index contributed by atoms with van der Waals surface area (Å²) in [6.07, 6.45) is 0.471. The zero-order valence-corrected chi connectivity index (χ0v) is 16.7. The standard InChI is InChI=1S/C20H19N3O6S/c24-18(10-11-21-19-14-6-1-4-9-17(14)30(26,27)22-19)28-13-5-12-23-15-7-2-3-8-16(15)29-20(23)25/h1-4,6-9H,5,10-13H2,(H,21,22). The number of esters is 1. The highest BCUT2D eigenvalue weighted by molar-refractivity contribution is 7.90. The largest absolute Gasteiger partial charge is 0.466 e. The van der Waals surface area contributed by atoms with E-state index in [1.54, 1.807) is 36.4 Å². The van der Waals surface area contributed by atoms with E-state index in [0.29, 0.717) is 29.6 Å². The third kappa shape index (κ3) is 3.99. The molecule has 156 valence electrons. The van der Waals surface area contributed by atoms with Crippen LogP contribution < -0.4 is 10.5 Å². The first kappa shape index (κ1) is 19.9. The first-order valence-electron chi connectivity index (χ1n) is 9.36. The number of nitrogens with one attached hydrogen (secondary N) is 1. The molecule has 30 heavy (non-hydrogen) atoms. The molecule has 4 rings (SSSR count). The fraction of sp³-hybridized carbons (Fsp3) is 0.250. The lowest BCUT2D eigenvalue weighted by molar-refractivity contribution is -0.143. The molecule has 0 amide bonds. The van der Waals surface area contributed by atoms with Crippen molar-refractivity contribution in [1.82, 2.24) is 9.29 Å². The predicted molar refractivity (Wildman–Crippen MR) is 109 cm³/mol. The van der Waals surface area contributed by atoms with E-state index in [2.05, 4.69) is 9.71 Å². The van der Waals surface area contributed by atoms with Crippen molar-refractivity contribution in [3.63, 3.8) is 0 Å². The molecular weight excluding hydrogens is 410 g/mol. The molecule has 0 aliphatic carbocycles. The third-order valence-electron chi connectivity index (χ3n) is 4.61. The Hall–Kier alpha value is -3.40. The molecule has 9 nitrogen and oxygen atoms in total. The first-order valence-corrected chi connectivity index (χ1v) is 10.8. The maximum atomic E-state index is 12.0. The molecule has 10 heteroatoms. The van der Waals surface area contributed by atoms with Crippen molar-refractivity contribution in [2.45, 2.75) is 24.3 Å². The maximum Gasteiger partial charge on any atom is 0.419 e. The Labute approximate surface area is 172 Å². The van der Waals surface area contributed by atoms with Gasteiger partial charge in [-0.3, -0.25) is 19.1 Å². The van der Waals surface area contributed by atoms with Gasteiger partial charge in [-0.1, -0.05) is 24.3 Å². The Morgan fingerprint density at radius 1 is 1.13 bits per heavy atom. The van der Waals surface area contributed by atoms with E-state index in [-0.39, 0.29) is 30.3 Å². The summed E-state index contributed by atoms with van der Waals surface area (Å²) in [5.74, 6) is -0.667. The van der Waals surface area contributed by atoms with Crippen LogP contribution in [0.5, 0.6) is 0 Å². The summed E-state index contributed by atoms with van der Waals surface area (Å²) < 4.78 is 38.3. The van der Waals surface area contributed by atoms with Gasteiger partial charge in [0, 0.05) is 12.1 Å². The van der Waals surface area contributed by atoms with Crippen molar-refractivity contribution < 1.29 is 22.4 Å². The van der Waals surface area contributed by atoms with Crippen molar-refractivity contribution in [2.75, 3.05) is 13.2 Å². The number of oxazole rings is 1. The number of sulfonamides is 1. The topological polar surface area (TPSA) is 120 Å². The number of para-hydroxylation sites is 2. The molecule has 0 fully saturated rings. The summed E-state index contributed by atoms with van der Waals surface area (Å²) >= 11 is 0. The Kier molecular flexibility index (Phi) is 5.40. The van der Waals surface area contributed by atoms with E-state index in [4.69, 9.17) is 9.15 Å². The smallest absolute Gasteiger partial charge is 0.419 e. The minimum atomic E-state index is -3.60. The van der Waals surface area contributed by atoms with Gasteiger partial charge in [0.1, 0.15) is 5.84 Å². The summed E-state index contributed by atoms with van der Waals surface area (Å²) in [5, 5.41) is 0. The van der Waals surface area contributed by atoms with Gasteiger partial charge in [-0.25, -0.2) is 13.2 Å². The number of aliphatic imine (C=N–C) groups is 1. The number of carbonyl (C=O) groups excluding carboxylic acids is 1. The molecule has 0 saturated carbocycles. The molecule has 1 aliphatic heterocycles. The molecule has 2 aromatic carbocycles. The minimum absolute atomic E-state index is 0.0159. The van der Waals surface area contributed by atoms with Gasteiger partial charge in [0.2, 0.25) is 0 Å². The Morgan fingerprint density at radius 2 is 1.90 bits per heavy atom. The molecule has 2 heterocycles. The van der Waals surface area contributed by atoms with Crippen molar-refractivity contribution in [1.29, 1.82) is 0 Å². The minimum Gasteiger partial charge on any atom is -0.466 e. The lowest BCUT2D eigenvalue weighted by Crippen LogP contribution is -2.22. The third-order valence-corrected chi connectivity index (χ3v) is 6.01. The van der Waals surface area contributed by atoms with Crippen molar-refractivity contribution in [3.05, 3.63) is 64.6 Å². The molecule has 3 aromatic rings. The van der Waals surface area contributed by atoms with Gasteiger partial charge in [-0.05, 0) is 30.7 Å². The molecule has 1 aromatic heterocycles. The van der Waals surface area contributed by atoms with Crippen LogP contribution in [0.2, 0.25) is 0 Å². The van der Waals surface area contributed by atoms with Crippen LogP contribution in [-0.4, -0.2) is 37.9 Å². The molecule has 0 unspecified atom stereocenters. The van der Waals surface area contributed by atoms with Gasteiger partial charge in [0.15, 0.2) is 5.58 Å². The quantitative estimate of drug-likeness (QED) is 0.450. The predicted octanol–water partition coefficient (Wildman–Crippen LogP) is 1.66. The fourth-order valence-corrected chi connectivity index (χ4v) is 4.47. The number of rotatable bonds is 7. The number of carbonyl (C=O) groups is 1. The van der Waals surface area contributed by atoms with Gasteiger partial charge in [-0.2, -0.15) is 0 Å². The van der Waals surface area contributed by atoms with Gasteiger partial charge >= 0.3 is 11.7 Å². The second kappa shape index (κ2) is 8.15. The Balaban J connectivity index is 1.26. The average Bonchev–Trinajstić information content (AvgIpc) is 3.18. The molecule has 0 spiro atoms. The van der Waals surface area contributed by atoms with Crippen LogP contribution in [0.3, 0.4) is 0 Å². The summed E-state index contributed by atoms with van der Waals surface area (Å²) in [7, 11) is -3.60. The van der Waals surface area contributed by atoms with Gasteiger partial charge < -0.3 is 9.15 Å². The number of fused-ring (bicyclic) bond motifs is 2. The van der Waals surface area contributed by atoms with E-state index < -0.39 is 21.7 Å². The Bertz CT molecular complexity index is 1290. The number of hydrogen-bond acceptors (Lipinski definition) is 7. The van der Waals surface area contributed by atoms with Crippen LogP contribution in [0.4, 0.5) is 0 Å². The van der Waals surface area contributed by atoms with Gasteiger partial charge in [0.05, 0.1) is 30.0 Å². The van der Waals surface area contributed by atoms with E-state index >= 15 is 0 Å². The van der Waals surface area contributed by atoms with E-state index in [1.165, 1.54) is 10.6 Å². The number of benzene rings is 2. The molecular formula is C20H19N3O6S. The lowest BCUT2D eigenvalue weighted by atomic mass is 10.2. The Morgan fingerprint density at radius 3 is 2.77 bits per heavy atom. The zero-order valence-electron chi connectivity index (χ0n) is 15.9. The van der Waals surface area contributed by atoms with E-state index in [0.717, 1.165) is 0 Å². The molecule has 0 saturated heterocycles. The van der Waals surface area contributed by atoms with Crippen LogP contribution in [0.1, 0.15) is 18.4 Å². The second-order valence-electron chi connectivity index (χ2n) is 6.64. The van der Waals surface area contributed by atoms with Crippen LogP contribution >= 0.6 is 0 Å². The second-order valence-corrected chi connectivity index (χ2v) is 8.29. The van der Waals surface area contributed by atoms with Crippen molar-refractivity contribution >= 4 is 32.9 Å². The van der Waals surface area contributed by atoms with Gasteiger partial charge in [0.25, 0.3) is 10.0 Å². The SMILES string of the molecule is O=C(CCN=C1NS(=O)(=O)c2ccccc21)OCCCn1c(=O)oc2ccccc21. The number of amidine groups is 1. The monoisotopic (exact) mass is 429 g/mol. The van der Waals surface area contributed by atoms with Crippen LogP contribution in [0.15, 0.2) is 67.6 Å². The highest BCUT2D eigenvalue weighted by Crippen LogP contribution is 2.22. The highest BCUT2D eigenvalue weighted by Gasteiger charge is 2.29. The van der Waals surface area contributed by atoms with Crippen LogP contribution in [-0.2, 0) is 26.1 Å². The summed E-state index contributed by atoms with van der Waals surface area (Å²) in [6, 6.07) is 13.6. The fourth-order valence-electron chi connectivity index (χ4n) is 3.22. The zero-order chi connectivity index (χ0) is 21.1. The van der Waals surface area contributed by atoms with Gasteiger partial charge in [-0.15, -0.1) is 0 Å².